The molecule has 3 aromatic rings. The monoisotopic (exact) mass is 491 g/mol. The highest BCUT2D eigenvalue weighted by Crippen LogP contribution is 2.41. The molecule has 0 fully saturated rings. The van der Waals surface area contributed by atoms with Crippen LogP contribution < -0.4 is 0 Å². The molecule has 1 aliphatic heterocycles. The summed E-state index contributed by atoms with van der Waals surface area (Å²) in [5, 5.41) is 0.968. The Kier molecular flexibility index (Phi) is 6.08. The van der Waals surface area contributed by atoms with Gasteiger partial charge in [-0.3, -0.25) is 14.4 Å². The molecule has 186 valence electrons. The number of rotatable bonds is 5. The molecule has 0 amide bonds. The second-order valence-electron chi connectivity index (χ2n) is 9.55. The van der Waals surface area contributed by atoms with Gasteiger partial charge in [-0.2, -0.15) is 0 Å². The van der Waals surface area contributed by atoms with Gasteiger partial charge in [-0.05, 0) is 60.2 Å². The Hall–Kier alpha value is -4.19. The van der Waals surface area contributed by atoms with Gasteiger partial charge in [0.25, 0.3) is 0 Å². The predicted octanol–water partition coefficient (Wildman–Crippen LogP) is 6.31. The maximum Gasteiger partial charge on any atom is 0.240 e. The van der Waals surface area contributed by atoms with E-state index in [1.807, 2.05) is 48.8 Å². The van der Waals surface area contributed by atoms with Gasteiger partial charge in [-0.1, -0.05) is 42.5 Å². The first-order valence-corrected chi connectivity index (χ1v) is 12.7. The van der Waals surface area contributed by atoms with Crippen LogP contribution in [0.2, 0.25) is 0 Å². The van der Waals surface area contributed by atoms with E-state index < -0.39 is 0 Å². The number of aliphatic imine (C=N–C) groups is 1. The first-order valence-electron chi connectivity index (χ1n) is 12.7. The van der Waals surface area contributed by atoms with E-state index >= 15 is 0 Å². The summed E-state index contributed by atoms with van der Waals surface area (Å²) in [7, 11) is 3.29. The second kappa shape index (κ2) is 9.69. The molecular formula is C31H29N3O3. The lowest BCUT2D eigenvalue weighted by atomic mass is 9.77. The molecule has 2 aromatic heterocycles. The topological polar surface area (TPSA) is 65.7 Å². The number of fused-ring (bicyclic) bond motifs is 1. The summed E-state index contributed by atoms with van der Waals surface area (Å²) in [6.45, 7) is 0. The fraction of sp³-hybridized carbons (Fsp3) is 0.258. The summed E-state index contributed by atoms with van der Waals surface area (Å²) in [6.07, 6.45) is 16.6. The summed E-state index contributed by atoms with van der Waals surface area (Å²) in [5.41, 5.74) is 4.82. The van der Waals surface area contributed by atoms with Gasteiger partial charge in [0.05, 0.1) is 20.1 Å². The van der Waals surface area contributed by atoms with E-state index in [1.54, 1.807) is 25.0 Å². The van der Waals surface area contributed by atoms with Gasteiger partial charge in [-0.15, -0.1) is 0 Å². The van der Waals surface area contributed by atoms with Crippen LogP contribution in [0.4, 0.5) is 0 Å². The van der Waals surface area contributed by atoms with Crippen LogP contribution in [0.5, 0.6) is 0 Å². The van der Waals surface area contributed by atoms with Crippen LogP contribution in [0.3, 0.4) is 0 Å². The lowest BCUT2D eigenvalue weighted by Crippen LogP contribution is -2.32. The van der Waals surface area contributed by atoms with Gasteiger partial charge < -0.3 is 9.47 Å². The standard InChI is InChI=1S/C31H29N3O3/c1-36-27-15-14-21(17-28(27)37-2)25-19-34(30-22(25)12-8-16-32-30)31(35)29-23-11-6-7-13-26(23)33-18-24(29)20-9-4-3-5-10-20/h3-6,8-12,15-19,21,24,29H,7,13-14H2,1-2H3. The summed E-state index contributed by atoms with van der Waals surface area (Å²) in [5.74, 6) is 0.942. The zero-order chi connectivity index (χ0) is 25.4. The summed E-state index contributed by atoms with van der Waals surface area (Å²) in [4.78, 5) is 24.0. The summed E-state index contributed by atoms with van der Waals surface area (Å²) >= 11 is 0. The van der Waals surface area contributed by atoms with Crippen molar-refractivity contribution >= 4 is 23.2 Å². The lowest BCUT2D eigenvalue weighted by Gasteiger charge is -2.31. The number of allylic oxidation sites excluding steroid dienone is 6. The Morgan fingerprint density at radius 2 is 1.89 bits per heavy atom. The molecule has 0 spiro atoms. The average molecular weight is 492 g/mol. The number of methoxy groups -OCH3 is 2. The molecule has 3 aliphatic rings. The van der Waals surface area contributed by atoms with E-state index in [0.717, 1.165) is 52.8 Å². The van der Waals surface area contributed by atoms with Crippen molar-refractivity contribution in [3.05, 3.63) is 113 Å². The highest BCUT2D eigenvalue weighted by molar-refractivity contribution is 5.98. The van der Waals surface area contributed by atoms with Gasteiger partial charge in [-0.25, -0.2) is 4.98 Å². The fourth-order valence-corrected chi connectivity index (χ4v) is 5.72. The molecule has 6 rings (SSSR count). The third kappa shape index (κ3) is 4.02. The van der Waals surface area contributed by atoms with E-state index in [0.29, 0.717) is 11.4 Å². The van der Waals surface area contributed by atoms with Gasteiger partial charge in [0, 0.05) is 41.5 Å². The molecule has 2 aliphatic carbocycles. The second-order valence-corrected chi connectivity index (χ2v) is 9.55. The minimum Gasteiger partial charge on any atom is -0.493 e. The van der Waals surface area contributed by atoms with Gasteiger partial charge >= 0.3 is 0 Å². The number of nitrogens with zero attached hydrogens (tertiary/aromatic N) is 3. The first kappa shape index (κ1) is 23.2. The van der Waals surface area contributed by atoms with Crippen molar-refractivity contribution in [2.75, 3.05) is 14.2 Å². The molecule has 1 aromatic carbocycles. The van der Waals surface area contributed by atoms with Crippen molar-refractivity contribution in [3.8, 4) is 0 Å². The van der Waals surface area contributed by atoms with E-state index in [-0.39, 0.29) is 23.7 Å². The molecule has 6 nitrogen and oxygen atoms in total. The highest BCUT2D eigenvalue weighted by atomic mass is 16.5. The highest BCUT2D eigenvalue weighted by Gasteiger charge is 2.37. The summed E-state index contributed by atoms with van der Waals surface area (Å²) < 4.78 is 12.8. The fourth-order valence-electron chi connectivity index (χ4n) is 5.72. The van der Waals surface area contributed by atoms with Gasteiger partial charge in [0.15, 0.2) is 11.5 Å². The minimum absolute atomic E-state index is 0.00822. The van der Waals surface area contributed by atoms with Crippen LogP contribution in [0.1, 0.15) is 47.0 Å². The van der Waals surface area contributed by atoms with Crippen LogP contribution in [-0.2, 0) is 9.47 Å². The third-order valence-corrected chi connectivity index (χ3v) is 7.54. The van der Waals surface area contributed by atoms with E-state index in [4.69, 9.17) is 14.5 Å². The van der Waals surface area contributed by atoms with Gasteiger partial charge in [0.2, 0.25) is 5.91 Å². The van der Waals surface area contributed by atoms with Crippen LogP contribution >= 0.6 is 0 Å². The molecule has 0 N–H and O–H groups in total. The van der Waals surface area contributed by atoms with Crippen molar-refractivity contribution < 1.29 is 14.3 Å². The number of carbonyl (C=O) groups excluding carboxylic acids is 1. The molecule has 0 saturated heterocycles. The van der Waals surface area contributed by atoms with Crippen LogP contribution in [0, 0.1) is 5.92 Å². The number of hydrogen-bond donors (Lipinski definition) is 0. The zero-order valence-corrected chi connectivity index (χ0v) is 21.0. The van der Waals surface area contributed by atoms with E-state index in [9.17, 15) is 4.79 Å². The molecule has 0 radical (unpaired) electrons. The average Bonchev–Trinajstić information content (AvgIpc) is 3.36. The molecule has 0 bridgehead atoms. The Balaban J connectivity index is 1.46. The Morgan fingerprint density at radius 1 is 1.05 bits per heavy atom. The molecule has 0 saturated carbocycles. The number of ether oxygens (including phenoxy) is 2. The largest absolute Gasteiger partial charge is 0.493 e. The Bertz CT molecular complexity index is 1510. The van der Waals surface area contributed by atoms with E-state index in [1.165, 1.54) is 0 Å². The van der Waals surface area contributed by atoms with E-state index in [2.05, 4.69) is 35.3 Å². The molecule has 3 atom stereocenters. The molecule has 6 heteroatoms. The van der Waals surface area contributed by atoms with Crippen LogP contribution in [0.25, 0.3) is 11.0 Å². The Morgan fingerprint density at radius 3 is 2.70 bits per heavy atom. The van der Waals surface area contributed by atoms with Crippen molar-refractivity contribution in [2.45, 2.75) is 31.1 Å². The SMILES string of the molecule is COC1=CCC(c2cn(C(=O)C3C4=C(CCC=C4)N=CC3c3ccccc3)c3ncccc23)C=C1OC. The molecular weight excluding hydrogens is 462 g/mol. The minimum atomic E-state index is -0.381. The van der Waals surface area contributed by atoms with Crippen LogP contribution in [-0.4, -0.2) is 35.9 Å². The maximum absolute atomic E-state index is 14.5. The predicted molar refractivity (Wildman–Crippen MR) is 144 cm³/mol. The quantitative estimate of drug-likeness (QED) is 0.419. The zero-order valence-electron chi connectivity index (χ0n) is 21.0. The number of benzene rings is 1. The molecule has 3 unspecified atom stereocenters. The normalized spacial score (nSPS) is 22.9. The number of carbonyl (C=O) groups is 1. The smallest absolute Gasteiger partial charge is 0.240 e. The third-order valence-electron chi connectivity index (χ3n) is 7.54. The number of pyridine rings is 1. The van der Waals surface area contributed by atoms with Crippen molar-refractivity contribution in [1.82, 2.24) is 9.55 Å². The van der Waals surface area contributed by atoms with Gasteiger partial charge in [0.1, 0.15) is 5.65 Å². The lowest BCUT2D eigenvalue weighted by molar-refractivity contribution is 0.0855. The number of hydrogen-bond acceptors (Lipinski definition) is 5. The molecule has 37 heavy (non-hydrogen) atoms. The summed E-state index contributed by atoms with van der Waals surface area (Å²) in [6, 6.07) is 14.1. The maximum atomic E-state index is 14.5. The van der Waals surface area contributed by atoms with Crippen molar-refractivity contribution in [3.63, 3.8) is 0 Å². The molecule has 3 heterocycles. The van der Waals surface area contributed by atoms with Crippen LogP contribution in [0.15, 0.2) is 107 Å². The number of aromatic nitrogens is 2. The van der Waals surface area contributed by atoms with Crippen molar-refractivity contribution in [1.29, 1.82) is 0 Å². The van der Waals surface area contributed by atoms with Crippen molar-refractivity contribution in [2.24, 2.45) is 10.9 Å². The Labute approximate surface area is 216 Å². The first-order chi connectivity index (χ1) is 18.2.